The normalized spacial score (nSPS) is 10.6. The average molecular weight is 241 g/mol. The van der Waals surface area contributed by atoms with Gasteiger partial charge in [-0.1, -0.05) is 25.4 Å². The lowest BCUT2D eigenvalue weighted by molar-refractivity contribution is -0.123. The summed E-state index contributed by atoms with van der Waals surface area (Å²) in [5.74, 6) is 0.813. The highest BCUT2D eigenvalue weighted by Gasteiger charge is 2.09. The van der Waals surface area contributed by atoms with E-state index in [9.17, 15) is 4.79 Å². The van der Waals surface area contributed by atoms with Crippen LogP contribution in [-0.4, -0.2) is 12.4 Å². The predicted molar refractivity (Wildman–Crippen MR) is 66.3 cm³/mol. The number of hydrogen-bond donors (Lipinski definition) is 0. The number of ether oxygens (including phenoxy) is 1. The molecule has 0 aliphatic rings. The van der Waals surface area contributed by atoms with Crippen LogP contribution < -0.4 is 4.74 Å². The summed E-state index contributed by atoms with van der Waals surface area (Å²) in [6.07, 6.45) is 0. The van der Waals surface area contributed by atoms with E-state index in [0.29, 0.717) is 5.75 Å². The molecule has 0 spiro atoms. The van der Waals surface area contributed by atoms with Crippen LogP contribution in [-0.2, 0) is 4.79 Å². The first-order chi connectivity index (χ1) is 7.41. The van der Waals surface area contributed by atoms with E-state index in [1.54, 1.807) is 0 Å². The third-order valence-electron chi connectivity index (χ3n) is 2.44. The number of hydrogen-bond acceptors (Lipinski definition) is 2. The monoisotopic (exact) mass is 240 g/mol. The highest BCUT2D eigenvalue weighted by Crippen LogP contribution is 2.25. The van der Waals surface area contributed by atoms with Crippen LogP contribution in [0.2, 0.25) is 5.02 Å². The molecule has 88 valence electrons. The van der Waals surface area contributed by atoms with Crippen LogP contribution in [0.4, 0.5) is 0 Å². The lowest BCUT2D eigenvalue weighted by atomic mass is 10.1. The molecule has 0 bridgehead atoms. The number of ketones is 1. The predicted octanol–water partition coefficient (Wildman–Crippen LogP) is 3.56. The molecular formula is C13H17ClO2. The van der Waals surface area contributed by atoms with Gasteiger partial charge in [0.1, 0.15) is 12.4 Å². The van der Waals surface area contributed by atoms with Crippen LogP contribution >= 0.6 is 11.6 Å². The van der Waals surface area contributed by atoms with Gasteiger partial charge < -0.3 is 4.74 Å². The summed E-state index contributed by atoms with van der Waals surface area (Å²) in [5.41, 5.74) is 1.93. The van der Waals surface area contributed by atoms with Crippen molar-refractivity contribution in [3.8, 4) is 5.75 Å². The van der Waals surface area contributed by atoms with Crippen molar-refractivity contribution in [2.75, 3.05) is 6.61 Å². The lowest BCUT2D eigenvalue weighted by Crippen LogP contribution is -2.16. The molecule has 0 amide bonds. The Bertz CT molecular complexity index is 374. The smallest absolute Gasteiger partial charge is 0.172 e. The lowest BCUT2D eigenvalue weighted by Gasteiger charge is -2.10. The van der Waals surface area contributed by atoms with E-state index in [1.807, 2.05) is 39.8 Å². The summed E-state index contributed by atoms with van der Waals surface area (Å²) < 4.78 is 5.44. The summed E-state index contributed by atoms with van der Waals surface area (Å²) in [4.78, 5) is 11.4. The van der Waals surface area contributed by atoms with Crippen molar-refractivity contribution in [3.63, 3.8) is 0 Å². The van der Waals surface area contributed by atoms with Crippen LogP contribution in [0.15, 0.2) is 12.1 Å². The number of rotatable bonds is 4. The zero-order valence-corrected chi connectivity index (χ0v) is 10.9. The summed E-state index contributed by atoms with van der Waals surface area (Å²) >= 11 is 6.04. The molecule has 0 radical (unpaired) electrons. The fourth-order valence-electron chi connectivity index (χ4n) is 1.31. The van der Waals surface area contributed by atoms with E-state index in [2.05, 4.69) is 0 Å². The summed E-state index contributed by atoms with van der Waals surface area (Å²) in [6.45, 7) is 7.70. The second-order valence-electron chi connectivity index (χ2n) is 4.28. The zero-order chi connectivity index (χ0) is 12.3. The third kappa shape index (κ3) is 3.24. The molecule has 1 aromatic rings. The minimum absolute atomic E-state index is 0.00879. The molecular weight excluding hydrogens is 224 g/mol. The van der Waals surface area contributed by atoms with Crippen molar-refractivity contribution in [3.05, 3.63) is 28.3 Å². The Morgan fingerprint density at radius 3 is 2.25 bits per heavy atom. The number of aryl methyl sites for hydroxylation is 2. The molecule has 0 aromatic heterocycles. The van der Waals surface area contributed by atoms with Crippen LogP contribution in [0.5, 0.6) is 5.75 Å². The van der Waals surface area contributed by atoms with E-state index in [1.165, 1.54) is 0 Å². The van der Waals surface area contributed by atoms with Gasteiger partial charge >= 0.3 is 0 Å². The van der Waals surface area contributed by atoms with Crippen molar-refractivity contribution >= 4 is 17.4 Å². The van der Waals surface area contributed by atoms with Crippen LogP contribution in [0.25, 0.3) is 0 Å². The molecule has 0 saturated heterocycles. The van der Waals surface area contributed by atoms with Gasteiger partial charge in [0.25, 0.3) is 0 Å². The SMILES string of the molecule is Cc1cc(OCC(=O)C(C)C)cc(C)c1Cl. The third-order valence-corrected chi connectivity index (χ3v) is 3.03. The Balaban J connectivity index is 2.72. The molecule has 2 nitrogen and oxygen atoms in total. The van der Waals surface area contributed by atoms with Crippen molar-refractivity contribution in [2.24, 2.45) is 5.92 Å². The molecule has 0 heterocycles. The molecule has 3 heteroatoms. The summed E-state index contributed by atoms with van der Waals surface area (Å²) in [5, 5.41) is 0.752. The summed E-state index contributed by atoms with van der Waals surface area (Å²) in [6, 6.07) is 3.70. The van der Waals surface area contributed by atoms with Crippen molar-refractivity contribution in [2.45, 2.75) is 27.7 Å². The standard InChI is InChI=1S/C13H17ClO2/c1-8(2)12(15)7-16-11-5-9(3)13(14)10(4)6-11/h5-6,8H,7H2,1-4H3. The Kier molecular flexibility index (Phi) is 4.36. The first kappa shape index (κ1) is 13.0. The Morgan fingerprint density at radius 1 is 1.31 bits per heavy atom. The fraction of sp³-hybridized carbons (Fsp3) is 0.462. The van der Waals surface area contributed by atoms with Gasteiger partial charge in [0.15, 0.2) is 5.78 Å². The zero-order valence-electron chi connectivity index (χ0n) is 10.1. The molecule has 16 heavy (non-hydrogen) atoms. The van der Waals surface area contributed by atoms with Gasteiger partial charge in [0, 0.05) is 10.9 Å². The molecule has 0 atom stereocenters. The van der Waals surface area contributed by atoms with Crippen LogP contribution in [0.3, 0.4) is 0 Å². The maximum absolute atomic E-state index is 11.4. The average Bonchev–Trinajstić information content (AvgIpc) is 2.22. The van der Waals surface area contributed by atoms with Gasteiger partial charge in [-0.15, -0.1) is 0 Å². The van der Waals surface area contributed by atoms with Crippen molar-refractivity contribution < 1.29 is 9.53 Å². The summed E-state index contributed by atoms with van der Waals surface area (Å²) in [7, 11) is 0. The molecule has 1 aromatic carbocycles. The maximum Gasteiger partial charge on any atom is 0.172 e. The van der Waals surface area contributed by atoms with E-state index < -0.39 is 0 Å². The number of carbonyl (C=O) groups is 1. The largest absolute Gasteiger partial charge is 0.486 e. The van der Waals surface area contributed by atoms with E-state index in [4.69, 9.17) is 16.3 Å². The van der Waals surface area contributed by atoms with Crippen LogP contribution in [0, 0.1) is 19.8 Å². The maximum atomic E-state index is 11.4. The van der Waals surface area contributed by atoms with Gasteiger partial charge in [-0.2, -0.15) is 0 Å². The molecule has 0 N–H and O–H groups in total. The highest BCUT2D eigenvalue weighted by molar-refractivity contribution is 6.32. The topological polar surface area (TPSA) is 26.3 Å². The van der Waals surface area contributed by atoms with Gasteiger partial charge in [-0.25, -0.2) is 0 Å². The van der Waals surface area contributed by atoms with E-state index in [0.717, 1.165) is 16.1 Å². The van der Waals surface area contributed by atoms with Gasteiger partial charge in [-0.05, 0) is 37.1 Å². The van der Waals surface area contributed by atoms with Crippen LogP contribution in [0.1, 0.15) is 25.0 Å². The number of halogens is 1. The van der Waals surface area contributed by atoms with Gasteiger partial charge in [0.2, 0.25) is 0 Å². The molecule has 0 fully saturated rings. The Hall–Kier alpha value is -1.02. The van der Waals surface area contributed by atoms with Gasteiger partial charge in [0.05, 0.1) is 0 Å². The molecule has 1 rings (SSSR count). The van der Waals surface area contributed by atoms with Crippen molar-refractivity contribution in [1.29, 1.82) is 0 Å². The molecule has 0 saturated carbocycles. The Labute approximate surface area is 102 Å². The number of benzene rings is 1. The van der Waals surface area contributed by atoms with Gasteiger partial charge in [-0.3, -0.25) is 4.79 Å². The highest BCUT2D eigenvalue weighted by atomic mass is 35.5. The molecule has 0 aliphatic heterocycles. The first-order valence-corrected chi connectivity index (χ1v) is 5.72. The number of Topliss-reactive ketones (excluding diaryl/α,β-unsaturated/α-hetero) is 1. The van der Waals surface area contributed by atoms with E-state index >= 15 is 0 Å². The first-order valence-electron chi connectivity index (χ1n) is 5.34. The Morgan fingerprint density at radius 2 is 1.81 bits per heavy atom. The second kappa shape index (κ2) is 5.35. The fourth-order valence-corrected chi connectivity index (χ4v) is 1.42. The quantitative estimate of drug-likeness (QED) is 0.805. The number of carbonyl (C=O) groups excluding carboxylic acids is 1. The minimum Gasteiger partial charge on any atom is -0.486 e. The van der Waals surface area contributed by atoms with Crippen molar-refractivity contribution in [1.82, 2.24) is 0 Å². The molecule has 0 unspecified atom stereocenters. The second-order valence-corrected chi connectivity index (χ2v) is 4.66. The van der Waals surface area contributed by atoms with E-state index in [-0.39, 0.29) is 18.3 Å². The minimum atomic E-state index is 0.00879. The molecule has 0 aliphatic carbocycles.